The van der Waals surface area contributed by atoms with Crippen molar-refractivity contribution in [2.75, 3.05) is 6.54 Å². The molecule has 16 heavy (non-hydrogen) atoms. The zero-order valence-electron chi connectivity index (χ0n) is 9.19. The summed E-state index contributed by atoms with van der Waals surface area (Å²) in [6.07, 6.45) is 3.15. The van der Waals surface area contributed by atoms with Crippen LogP contribution in [-0.4, -0.2) is 33.6 Å². The van der Waals surface area contributed by atoms with Crippen LogP contribution in [0.15, 0.2) is 12.1 Å². The minimum absolute atomic E-state index is 0.0338. The number of carbonyl (C=O) groups excluding carboxylic acids is 1. The third-order valence-electron chi connectivity index (χ3n) is 2.96. The molecule has 0 saturated carbocycles. The number of halogens is 1. The highest BCUT2D eigenvalue weighted by atomic mass is 35.5. The van der Waals surface area contributed by atoms with Crippen LogP contribution in [0.5, 0.6) is 0 Å². The van der Waals surface area contributed by atoms with Crippen molar-refractivity contribution in [1.29, 1.82) is 0 Å². The van der Waals surface area contributed by atoms with Crippen molar-refractivity contribution in [3.8, 4) is 0 Å². The van der Waals surface area contributed by atoms with E-state index >= 15 is 0 Å². The number of rotatable bonds is 2. The van der Waals surface area contributed by atoms with E-state index in [9.17, 15) is 4.79 Å². The lowest BCUT2D eigenvalue weighted by Crippen LogP contribution is -2.35. The van der Waals surface area contributed by atoms with Crippen LogP contribution in [0, 0.1) is 0 Å². The number of hydrogen-bond donors (Lipinski definition) is 0. The second-order valence-electron chi connectivity index (χ2n) is 3.94. The van der Waals surface area contributed by atoms with Crippen LogP contribution >= 0.6 is 11.6 Å². The summed E-state index contributed by atoms with van der Waals surface area (Å²) in [7, 11) is 0. The fourth-order valence-corrected chi connectivity index (χ4v) is 2.21. The number of amides is 1. The first-order valence-electron chi connectivity index (χ1n) is 5.52. The van der Waals surface area contributed by atoms with Crippen LogP contribution in [0.1, 0.15) is 36.7 Å². The normalized spacial score (nSPS) is 20.1. The number of aromatic nitrogens is 2. The van der Waals surface area contributed by atoms with Gasteiger partial charge in [-0.1, -0.05) is 18.5 Å². The highest BCUT2D eigenvalue weighted by Crippen LogP contribution is 2.21. The van der Waals surface area contributed by atoms with E-state index in [4.69, 9.17) is 11.6 Å². The van der Waals surface area contributed by atoms with Gasteiger partial charge < -0.3 is 4.90 Å². The van der Waals surface area contributed by atoms with Gasteiger partial charge in [0, 0.05) is 12.6 Å². The molecule has 1 saturated heterocycles. The van der Waals surface area contributed by atoms with E-state index in [1.54, 1.807) is 12.1 Å². The van der Waals surface area contributed by atoms with Crippen LogP contribution in [0.2, 0.25) is 5.15 Å². The van der Waals surface area contributed by atoms with E-state index < -0.39 is 0 Å². The molecule has 1 aliphatic rings. The van der Waals surface area contributed by atoms with E-state index in [1.165, 1.54) is 0 Å². The molecular weight excluding hydrogens is 226 g/mol. The molecular formula is C11H14ClN3O. The van der Waals surface area contributed by atoms with Crippen LogP contribution in [0.25, 0.3) is 0 Å². The quantitative estimate of drug-likeness (QED) is 0.795. The SMILES string of the molecule is CCC1CCCN1C(=O)c1ccc(Cl)nn1. The van der Waals surface area contributed by atoms with Crippen LogP contribution < -0.4 is 0 Å². The summed E-state index contributed by atoms with van der Waals surface area (Å²) >= 11 is 5.63. The number of hydrogen-bond acceptors (Lipinski definition) is 3. The third-order valence-corrected chi connectivity index (χ3v) is 3.16. The van der Waals surface area contributed by atoms with Crippen molar-refractivity contribution < 1.29 is 4.79 Å². The van der Waals surface area contributed by atoms with Crippen molar-refractivity contribution in [3.63, 3.8) is 0 Å². The molecule has 1 aromatic rings. The molecule has 1 fully saturated rings. The summed E-state index contributed by atoms with van der Waals surface area (Å²) in [6.45, 7) is 2.92. The third kappa shape index (κ3) is 2.16. The molecule has 86 valence electrons. The summed E-state index contributed by atoms with van der Waals surface area (Å²) in [6, 6.07) is 3.58. The molecule has 0 aromatic carbocycles. The Morgan fingerprint density at radius 2 is 2.38 bits per heavy atom. The first kappa shape index (κ1) is 11.3. The minimum Gasteiger partial charge on any atom is -0.334 e. The molecule has 0 spiro atoms. The average molecular weight is 240 g/mol. The van der Waals surface area contributed by atoms with Crippen molar-refractivity contribution in [2.24, 2.45) is 0 Å². The van der Waals surface area contributed by atoms with Crippen molar-refractivity contribution in [3.05, 3.63) is 23.0 Å². The van der Waals surface area contributed by atoms with E-state index in [0.717, 1.165) is 25.8 Å². The molecule has 0 aliphatic carbocycles. The fraction of sp³-hybridized carbons (Fsp3) is 0.545. The molecule has 5 heteroatoms. The highest BCUT2D eigenvalue weighted by molar-refractivity contribution is 6.29. The summed E-state index contributed by atoms with van der Waals surface area (Å²) < 4.78 is 0. The zero-order valence-corrected chi connectivity index (χ0v) is 9.94. The Kier molecular flexibility index (Phi) is 3.39. The maximum Gasteiger partial charge on any atom is 0.274 e. The number of nitrogens with zero attached hydrogens (tertiary/aromatic N) is 3. The average Bonchev–Trinajstić information content (AvgIpc) is 2.77. The second-order valence-corrected chi connectivity index (χ2v) is 4.33. The Morgan fingerprint density at radius 3 is 3.00 bits per heavy atom. The van der Waals surface area contributed by atoms with Gasteiger partial charge in [-0.15, -0.1) is 10.2 Å². The molecule has 1 amide bonds. The molecule has 1 unspecified atom stereocenters. The van der Waals surface area contributed by atoms with Gasteiger partial charge in [-0.2, -0.15) is 0 Å². The van der Waals surface area contributed by atoms with Gasteiger partial charge in [0.25, 0.3) is 5.91 Å². The molecule has 2 heterocycles. The van der Waals surface area contributed by atoms with Gasteiger partial charge >= 0.3 is 0 Å². The van der Waals surface area contributed by atoms with Crippen LogP contribution in [0.4, 0.5) is 0 Å². The van der Waals surface area contributed by atoms with E-state index in [2.05, 4.69) is 17.1 Å². The highest BCUT2D eigenvalue weighted by Gasteiger charge is 2.28. The van der Waals surface area contributed by atoms with Gasteiger partial charge in [0.15, 0.2) is 10.8 Å². The Balaban J connectivity index is 2.15. The Bertz CT molecular complexity index is 379. The monoisotopic (exact) mass is 239 g/mol. The summed E-state index contributed by atoms with van der Waals surface area (Å²) in [5, 5.41) is 7.82. The molecule has 4 nitrogen and oxygen atoms in total. The first-order valence-corrected chi connectivity index (χ1v) is 5.90. The summed E-state index contributed by atoms with van der Waals surface area (Å²) in [4.78, 5) is 14.0. The maximum absolute atomic E-state index is 12.1. The summed E-state index contributed by atoms with van der Waals surface area (Å²) in [5.41, 5.74) is 0.379. The van der Waals surface area contributed by atoms with Gasteiger partial charge in [0.2, 0.25) is 0 Å². The molecule has 0 N–H and O–H groups in total. The maximum atomic E-state index is 12.1. The Hall–Kier alpha value is -1.16. The van der Waals surface area contributed by atoms with Crippen LogP contribution in [-0.2, 0) is 0 Å². The minimum atomic E-state index is -0.0338. The summed E-state index contributed by atoms with van der Waals surface area (Å²) in [5.74, 6) is -0.0338. The predicted octanol–water partition coefficient (Wildman–Crippen LogP) is 2.14. The largest absolute Gasteiger partial charge is 0.334 e. The molecule has 0 radical (unpaired) electrons. The lowest BCUT2D eigenvalue weighted by molar-refractivity contribution is 0.0726. The standard InChI is InChI=1S/C11H14ClN3O/c1-2-8-4-3-7-15(8)11(16)9-5-6-10(12)14-13-9/h5-6,8H,2-4,7H2,1H3. The molecule has 1 aliphatic heterocycles. The van der Waals surface area contributed by atoms with E-state index in [-0.39, 0.29) is 5.91 Å². The Labute approximate surface area is 99.6 Å². The van der Waals surface area contributed by atoms with E-state index in [1.807, 2.05) is 4.90 Å². The van der Waals surface area contributed by atoms with Gasteiger partial charge in [0.1, 0.15) is 0 Å². The molecule has 1 atom stereocenters. The van der Waals surface area contributed by atoms with Gasteiger partial charge in [0.05, 0.1) is 0 Å². The van der Waals surface area contributed by atoms with Gasteiger partial charge in [-0.25, -0.2) is 0 Å². The zero-order chi connectivity index (χ0) is 11.5. The lowest BCUT2D eigenvalue weighted by Gasteiger charge is -2.22. The van der Waals surface area contributed by atoms with Crippen LogP contribution in [0.3, 0.4) is 0 Å². The second kappa shape index (κ2) is 4.78. The topological polar surface area (TPSA) is 46.1 Å². The predicted molar refractivity (Wildman–Crippen MR) is 61.4 cm³/mol. The van der Waals surface area contributed by atoms with Gasteiger partial charge in [-0.05, 0) is 31.4 Å². The number of carbonyl (C=O) groups is 1. The van der Waals surface area contributed by atoms with Crippen molar-refractivity contribution in [1.82, 2.24) is 15.1 Å². The van der Waals surface area contributed by atoms with E-state index in [0.29, 0.717) is 16.9 Å². The molecule has 1 aromatic heterocycles. The fourth-order valence-electron chi connectivity index (χ4n) is 2.10. The van der Waals surface area contributed by atoms with Gasteiger partial charge in [-0.3, -0.25) is 4.79 Å². The Morgan fingerprint density at radius 1 is 1.56 bits per heavy atom. The number of likely N-dealkylation sites (tertiary alicyclic amines) is 1. The smallest absolute Gasteiger partial charge is 0.274 e. The lowest BCUT2D eigenvalue weighted by atomic mass is 10.1. The molecule has 2 rings (SSSR count). The first-order chi connectivity index (χ1) is 7.72. The molecule has 0 bridgehead atoms. The van der Waals surface area contributed by atoms with Crippen molar-refractivity contribution >= 4 is 17.5 Å². The van der Waals surface area contributed by atoms with Crippen molar-refractivity contribution in [2.45, 2.75) is 32.2 Å².